The number of nitrogens with one attached hydrogen (secondary N) is 2. The van der Waals surface area contributed by atoms with Crippen molar-refractivity contribution < 1.29 is 4.79 Å². The molecule has 5 heteroatoms. The Bertz CT molecular complexity index is 482. The van der Waals surface area contributed by atoms with E-state index >= 15 is 0 Å². The second-order valence-corrected chi connectivity index (χ2v) is 6.41. The first kappa shape index (κ1) is 13.6. The van der Waals surface area contributed by atoms with Crippen molar-refractivity contribution in [2.45, 2.75) is 46.1 Å². The van der Waals surface area contributed by atoms with Crippen LogP contribution in [0.5, 0.6) is 0 Å². The van der Waals surface area contributed by atoms with E-state index in [1.165, 1.54) is 18.4 Å². The van der Waals surface area contributed by atoms with Gasteiger partial charge in [-0.1, -0.05) is 0 Å². The SMILES string of the molecule is Cc1n[nH]c(C)c1CN1CC2(CCNCC2)CCC1=O. The fourth-order valence-electron chi connectivity index (χ4n) is 3.61. The number of likely N-dealkylation sites (tertiary alicyclic amines) is 1. The Morgan fingerprint density at radius 1 is 1.25 bits per heavy atom. The number of nitrogens with zero attached hydrogens (tertiary/aromatic N) is 2. The summed E-state index contributed by atoms with van der Waals surface area (Å²) in [6, 6.07) is 0. The highest BCUT2D eigenvalue weighted by molar-refractivity contribution is 5.77. The molecule has 2 N–H and O–H groups in total. The van der Waals surface area contributed by atoms with Gasteiger partial charge in [-0.3, -0.25) is 9.89 Å². The van der Waals surface area contributed by atoms with Crippen LogP contribution in [-0.4, -0.2) is 40.6 Å². The Hall–Kier alpha value is -1.36. The summed E-state index contributed by atoms with van der Waals surface area (Å²) in [6.07, 6.45) is 4.16. The summed E-state index contributed by atoms with van der Waals surface area (Å²) < 4.78 is 0. The van der Waals surface area contributed by atoms with Crippen LogP contribution in [0.4, 0.5) is 0 Å². The van der Waals surface area contributed by atoms with Crippen LogP contribution in [0.15, 0.2) is 0 Å². The van der Waals surface area contributed by atoms with Gasteiger partial charge in [-0.15, -0.1) is 0 Å². The number of rotatable bonds is 2. The van der Waals surface area contributed by atoms with Crippen LogP contribution in [0, 0.1) is 19.3 Å². The predicted octanol–water partition coefficient (Wildman–Crippen LogP) is 1.52. The second kappa shape index (κ2) is 5.20. The first-order valence-corrected chi connectivity index (χ1v) is 7.59. The van der Waals surface area contributed by atoms with Crippen LogP contribution in [0.1, 0.15) is 42.6 Å². The standard InChI is InChI=1S/C15H24N4O/c1-11-13(12(2)18-17-11)9-19-10-15(4-3-14(19)20)5-7-16-8-6-15/h16H,3-10H2,1-2H3,(H,17,18). The number of carbonyl (C=O) groups excluding carboxylic acids is 1. The number of hydrogen-bond acceptors (Lipinski definition) is 3. The molecule has 0 saturated carbocycles. The van der Waals surface area contributed by atoms with Gasteiger partial charge in [0.25, 0.3) is 0 Å². The molecular weight excluding hydrogens is 252 g/mol. The molecule has 0 aliphatic carbocycles. The van der Waals surface area contributed by atoms with E-state index in [0.29, 0.717) is 24.3 Å². The first-order valence-electron chi connectivity index (χ1n) is 7.59. The lowest BCUT2D eigenvalue weighted by molar-refractivity contribution is -0.139. The predicted molar refractivity (Wildman–Crippen MR) is 77.2 cm³/mol. The maximum absolute atomic E-state index is 12.2. The Morgan fingerprint density at radius 2 is 2.00 bits per heavy atom. The van der Waals surface area contributed by atoms with Crippen LogP contribution in [-0.2, 0) is 11.3 Å². The maximum atomic E-state index is 12.2. The van der Waals surface area contributed by atoms with Gasteiger partial charge in [-0.05, 0) is 51.6 Å². The number of aromatic amines is 1. The normalized spacial score (nSPS) is 22.5. The molecular formula is C15H24N4O. The van der Waals surface area contributed by atoms with Crippen molar-refractivity contribution in [2.75, 3.05) is 19.6 Å². The lowest BCUT2D eigenvalue weighted by Gasteiger charge is -2.45. The first-order chi connectivity index (χ1) is 9.60. The summed E-state index contributed by atoms with van der Waals surface area (Å²) in [6.45, 7) is 7.84. The van der Waals surface area contributed by atoms with Gasteiger partial charge in [0.2, 0.25) is 5.91 Å². The smallest absolute Gasteiger partial charge is 0.222 e. The van der Waals surface area contributed by atoms with Gasteiger partial charge in [-0.25, -0.2) is 0 Å². The van der Waals surface area contributed by atoms with Crippen molar-refractivity contribution in [1.82, 2.24) is 20.4 Å². The fraction of sp³-hybridized carbons (Fsp3) is 0.733. The highest BCUT2D eigenvalue weighted by Gasteiger charge is 2.39. The Kier molecular flexibility index (Phi) is 3.54. The summed E-state index contributed by atoms with van der Waals surface area (Å²) >= 11 is 0. The van der Waals surface area contributed by atoms with Crippen molar-refractivity contribution in [2.24, 2.45) is 5.41 Å². The third-order valence-corrected chi connectivity index (χ3v) is 5.04. The molecule has 3 heterocycles. The Balaban J connectivity index is 1.76. The topological polar surface area (TPSA) is 61.0 Å². The van der Waals surface area contributed by atoms with Gasteiger partial charge in [0.05, 0.1) is 5.69 Å². The highest BCUT2D eigenvalue weighted by Crippen LogP contribution is 2.39. The average Bonchev–Trinajstić information content (AvgIpc) is 2.76. The molecule has 1 spiro atoms. The second-order valence-electron chi connectivity index (χ2n) is 6.41. The molecule has 2 fully saturated rings. The fourth-order valence-corrected chi connectivity index (χ4v) is 3.61. The molecule has 0 radical (unpaired) electrons. The van der Waals surface area contributed by atoms with Gasteiger partial charge >= 0.3 is 0 Å². The van der Waals surface area contributed by atoms with Crippen LogP contribution in [0.25, 0.3) is 0 Å². The third-order valence-electron chi connectivity index (χ3n) is 5.04. The number of amides is 1. The van der Waals surface area contributed by atoms with Crippen LogP contribution in [0.2, 0.25) is 0 Å². The Labute approximate surface area is 120 Å². The minimum absolute atomic E-state index is 0.300. The van der Waals surface area contributed by atoms with Gasteiger partial charge in [0, 0.05) is 30.8 Å². The molecule has 20 heavy (non-hydrogen) atoms. The monoisotopic (exact) mass is 276 g/mol. The molecule has 1 aromatic heterocycles. The van der Waals surface area contributed by atoms with Crippen LogP contribution in [0.3, 0.4) is 0 Å². The number of hydrogen-bond donors (Lipinski definition) is 2. The average molecular weight is 276 g/mol. The summed E-state index contributed by atoms with van der Waals surface area (Å²) in [4.78, 5) is 14.3. The molecule has 5 nitrogen and oxygen atoms in total. The largest absolute Gasteiger partial charge is 0.338 e. The van der Waals surface area contributed by atoms with Crippen molar-refractivity contribution in [3.63, 3.8) is 0 Å². The maximum Gasteiger partial charge on any atom is 0.222 e. The number of aromatic nitrogens is 2. The van der Waals surface area contributed by atoms with Gasteiger partial charge in [0.15, 0.2) is 0 Å². The van der Waals surface area contributed by atoms with Crippen LogP contribution < -0.4 is 5.32 Å². The number of aryl methyl sites for hydroxylation is 2. The summed E-state index contributed by atoms with van der Waals surface area (Å²) in [5.41, 5.74) is 3.63. The van der Waals surface area contributed by atoms with E-state index in [1.807, 2.05) is 13.8 Å². The zero-order valence-corrected chi connectivity index (χ0v) is 12.5. The van der Waals surface area contributed by atoms with E-state index in [-0.39, 0.29) is 0 Å². The minimum atomic E-state index is 0.300. The number of H-pyrrole nitrogens is 1. The summed E-state index contributed by atoms with van der Waals surface area (Å²) in [5.74, 6) is 0.300. The van der Waals surface area contributed by atoms with Gasteiger partial charge < -0.3 is 10.2 Å². The Morgan fingerprint density at radius 3 is 2.65 bits per heavy atom. The zero-order valence-electron chi connectivity index (χ0n) is 12.5. The van der Waals surface area contributed by atoms with E-state index in [4.69, 9.17) is 0 Å². The molecule has 2 aliphatic rings. The molecule has 1 aromatic rings. The van der Waals surface area contributed by atoms with E-state index in [2.05, 4.69) is 20.4 Å². The molecule has 3 rings (SSSR count). The zero-order chi connectivity index (χ0) is 14.2. The van der Waals surface area contributed by atoms with E-state index < -0.39 is 0 Å². The minimum Gasteiger partial charge on any atom is -0.338 e. The van der Waals surface area contributed by atoms with Gasteiger partial charge in [0.1, 0.15) is 0 Å². The van der Waals surface area contributed by atoms with Crippen molar-refractivity contribution in [1.29, 1.82) is 0 Å². The molecule has 0 aromatic carbocycles. The van der Waals surface area contributed by atoms with Crippen LogP contribution >= 0.6 is 0 Å². The lowest BCUT2D eigenvalue weighted by Crippen LogP contribution is -2.50. The molecule has 2 saturated heterocycles. The quantitative estimate of drug-likeness (QED) is 0.861. The highest BCUT2D eigenvalue weighted by atomic mass is 16.2. The molecule has 2 aliphatic heterocycles. The molecule has 0 bridgehead atoms. The molecule has 0 unspecified atom stereocenters. The third kappa shape index (κ3) is 2.46. The van der Waals surface area contributed by atoms with Crippen molar-refractivity contribution >= 4 is 5.91 Å². The van der Waals surface area contributed by atoms with E-state index in [0.717, 1.165) is 37.4 Å². The molecule has 110 valence electrons. The molecule has 1 amide bonds. The van der Waals surface area contributed by atoms with Crippen molar-refractivity contribution in [3.8, 4) is 0 Å². The van der Waals surface area contributed by atoms with E-state index in [1.54, 1.807) is 0 Å². The van der Waals surface area contributed by atoms with Crippen molar-refractivity contribution in [3.05, 3.63) is 17.0 Å². The number of carbonyl (C=O) groups is 1. The van der Waals surface area contributed by atoms with Gasteiger partial charge in [-0.2, -0.15) is 5.10 Å². The molecule has 0 atom stereocenters. The summed E-state index contributed by atoms with van der Waals surface area (Å²) in [5, 5.41) is 10.7. The number of piperidine rings is 2. The summed E-state index contributed by atoms with van der Waals surface area (Å²) in [7, 11) is 0. The lowest BCUT2D eigenvalue weighted by atomic mass is 9.72. The van der Waals surface area contributed by atoms with E-state index in [9.17, 15) is 4.79 Å².